The fourth-order valence-electron chi connectivity index (χ4n) is 12.6. The Kier molecular flexibility index (Phi) is 36.7. The molecule has 4 aliphatic carbocycles. The Morgan fingerprint density at radius 1 is 0.610 bits per heavy atom. The van der Waals surface area contributed by atoms with E-state index >= 15 is 0 Å². The van der Waals surface area contributed by atoms with Gasteiger partial charge in [-0.05, 0) is 234 Å². The highest BCUT2D eigenvalue weighted by Crippen LogP contribution is 2.42. The predicted octanol–water partition coefficient (Wildman–Crippen LogP) is 19.9. The van der Waals surface area contributed by atoms with E-state index in [9.17, 15) is 57.5 Å². The number of carbonyl (C=O) groups excluding carboxylic acids is 2. The summed E-state index contributed by atoms with van der Waals surface area (Å²) >= 11 is 2.99. The zero-order chi connectivity index (χ0) is 77.0. The molecule has 7 unspecified atom stereocenters. The highest BCUT2D eigenvalue weighted by molar-refractivity contribution is 9.10. The number of anilines is 1. The molecule has 2 fully saturated rings. The second-order valence-electron chi connectivity index (χ2n) is 27.9. The van der Waals surface area contributed by atoms with Crippen LogP contribution in [0.15, 0.2) is 174 Å². The van der Waals surface area contributed by atoms with Gasteiger partial charge in [-0.1, -0.05) is 143 Å². The quantitative estimate of drug-likeness (QED) is 0.0154. The molecule has 5 aliphatic rings. The van der Waals surface area contributed by atoms with Crippen LogP contribution < -0.4 is 17.2 Å². The molecular weight excluding hydrogens is 1420 g/mol. The molecule has 11 rings (SSSR count). The summed E-state index contributed by atoms with van der Waals surface area (Å²) in [6.07, 6.45) is 16.8. The Hall–Kier alpha value is -8.36. The zero-order valence-electron chi connectivity index (χ0n) is 61.2. The number of hydrogen-bond acceptors (Lipinski definition) is 15. The van der Waals surface area contributed by atoms with Crippen LogP contribution in [0.3, 0.4) is 0 Å². The molecule has 7 atom stereocenters. The topological polar surface area (TPSA) is 279 Å². The average molecular weight is 1520 g/mol. The van der Waals surface area contributed by atoms with Crippen LogP contribution in [0, 0.1) is 83.2 Å². The van der Waals surface area contributed by atoms with E-state index in [1.807, 2.05) is 90.9 Å². The first kappa shape index (κ1) is 89.0. The molecule has 24 heteroatoms. The second kappa shape index (κ2) is 43.3. The van der Waals surface area contributed by atoms with E-state index in [4.69, 9.17) is 36.0 Å². The zero-order valence-corrected chi connectivity index (χ0v) is 62.8. The van der Waals surface area contributed by atoms with Crippen LogP contribution in [0.25, 0.3) is 11.1 Å². The molecule has 6 N–H and O–H groups in total. The number of rotatable bonds is 16. The summed E-state index contributed by atoms with van der Waals surface area (Å²) in [6.45, 7) is 26.0. The third-order valence-corrected chi connectivity index (χ3v) is 18.9. The highest BCUT2D eigenvalue weighted by atomic mass is 79.9. The second-order valence-corrected chi connectivity index (χ2v) is 28.8. The number of halogens is 5. The van der Waals surface area contributed by atoms with Crippen molar-refractivity contribution >= 4 is 68.5 Å². The van der Waals surface area contributed by atoms with E-state index in [1.54, 1.807) is 24.3 Å². The molecule has 105 heavy (non-hydrogen) atoms. The number of hydrogen-bond donors (Lipinski definition) is 3. The molecule has 1 aliphatic heterocycles. The molecule has 18 nitrogen and oxygen atoms in total. The smallest absolute Gasteiger partial charge is 0.400 e. The number of nitro benzene ring substituents is 3. The Morgan fingerprint density at radius 2 is 1.09 bits per heavy atom. The van der Waals surface area contributed by atoms with Crippen molar-refractivity contribution in [2.45, 2.75) is 183 Å². The summed E-state index contributed by atoms with van der Waals surface area (Å²) in [5.74, 6) is 0.0374. The van der Waals surface area contributed by atoms with Gasteiger partial charge in [0, 0.05) is 61.3 Å². The number of nitro groups is 3. The van der Waals surface area contributed by atoms with Gasteiger partial charge in [-0.15, -0.1) is 0 Å². The fraction of sp³-hybridized carbons (Fsp3) is 0.432. The Morgan fingerprint density at radius 3 is 1.54 bits per heavy atom. The van der Waals surface area contributed by atoms with Gasteiger partial charge in [0.2, 0.25) is 17.5 Å². The third-order valence-electron chi connectivity index (χ3n) is 18.4. The molecule has 0 radical (unpaired) electrons. The van der Waals surface area contributed by atoms with Gasteiger partial charge in [0.05, 0.1) is 31.7 Å². The summed E-state index contributed by atoms with van der Waals surface area (Å²) < 4.78 is 75.0. The molecule has 0 aromatic heterocycles. The van der Waals surface area contributed by atoms with Crippen molar-refractivity contribution in [1.82, 2.24) is 0 Å². The van der Waals surface area contributed by atoms with E-state index in [2.05, 4.69) is 73.6 Å². The molecule has 1 heterocycles. The van der Waals surface area contributed by atoms with Crippen molar-refractivity contribution in [3.63, 3.8) is 0 Å². The number of ether oxygens (including phenoxy) is 2. The fourth-order valence-corrected chi connectivity index (χ4v) is 13.0. The maximum absolute atomic E-state index is 13.6. The summed E-state index contributed by atoms with van der Waals surface area (Å²) in [7, 11) is -0.355. The molecule has 0 spiro atoms. The molecule has 0 amide bonds. The van der Waals surface area contributed by atoms with Crippen molar-refractivity contribution < 1.29 is 60.7 Å². The third kappa shape index (κ3) is 29.1. The largest absolute Gasteiger partial charge is 0.490 e. The monoisotopic (exact) mass is 1520 g/mol. The highest BCUT2D eigenvalue weighted by Gasteiger charge is 2.53. The van der Waals surface area contributed by atoms with Gasteiger partial charge in [-0.2, -0.15) is 13.2 Å². The van der Waals surface area contributed by atoms with Crippen molar-refractivity contribution in [3.05, 3.63) is 256 Å². The number of ketones is 2. The number of allylic oxidation sites excluding steroid dienone is 6. The predicted molar refractivity (Wildman–Crippen MR) is 413 cm³/mol. The molecule has 6 aromatic carbocycles. The van der Waals surface area contributed by atoms with Crippen LogP contribution in [-0.4, -0.2) is 70.2 Å². The minimum absolute atomic E-state index is 0. The first-order valence-corrected chi connectivity index (χ1v) is 35.9. The number of aryl methyl sites for hydroxylation is 1. The Labute approximate surface area is 625 Å². The lowest BCUT2D eigenvalue weighted by Crippen LogP contribution is -2.41. The normalized spacial score (nSPS) is 20.5. The summed E-state index contributed by atoms with van der Waals surface area (Å²) in [6, 6.07) is 37.2. The number of nitrogens with zero attached hydrogens (tertiary/aromatic N) is 3. The van der Waals surface area contributed by atoms with Crippen LogP contribution >= 0.6 is 15.9 Å². The lowest BCUT2D eigenvalue weighted by Gasteiger charge is -2.32. The average Bonchev–Trinajstić information content (AvgIpc) is 1.62. The SMILES string of the molecule is C.C=CC(OCC)OCC.CC1CC(=O)C=C(B2OC(C)(C)C(C)(C)O2)C1.CC1CC(=O)C=C(c2ccc(F)c([N+](=O)[O-])c2)C1.CC1CC(N)CC(c2ccc(F)c(N)c2)C1.CC1CC(c2ccc(F)c([N+](=O)[O-])c2)=CC(CCc2ccccc2)C1.NCc1ccccc1.O=[N+]([O-])c1cc(Br)ccc1F. The van der Waals surface area contributed by atoms with Gasteiger partial charge in [-0.25, -0.2) is 4.39 Å². The Balaban J connectivity index is 0.000000267. The number of nitrogen functional groups attached to an aromatic ring is 1. The van der Waals surface area contributed by atoms with E-state index in [0.29, 0.717) is 78.6 Å². The number of nitrogens with two attached hydrogens (primary N) is 3. The van der Waals surface area contributed by atoms with Crippen molar-refractivity contribution in [3.8, 4) is 0 Å². The van der Waals surface area contributed by atoms with Crippen LogP contribution in [0.4, 0.5) is 40.3 Å². The molecule has 1 saturated carbocycles. The van der Waals surface area contributed by atoms with Gasteiger partial charge in [0.25, 0.3) is 0 Å². The summed E-state index contributed by atoms with van der Waals surface area (Å²) in [4.78, 5) is 52.6. The lowest BCUT2D eigenvalue weighted by atomic mass is 9.70. The van der Waals surface area contributed by atoms with Crippen molar-refractivity contribution in [1.29, 1.82) is 0 Å². The minimum Gasteiger partial charge on any atom is -0.400 e. The summed E-state index contributed by atoms with van der Waals surface area (Å²) in [5.41, 5.74) is 22.8. The van der Waals surface area contributed by atoms with E-state index < -0.39 is 49.3 Å². The molecular formula is C81H104BBrF4N6O12. The van der Waals surface area contributed by atoms with Crippen LogP contribution in [0.5, 0.6) is 0 Å². The van der Waals surface area contributed by atoms with Crippen LogP contribution in [-0.2, 0) is 41.3 Å². The van der Waals surface area contributed by atoms with Gasteiger partial charge >= 0.3 is 24.2 Å². The first-order chi connectivity index (χ1) is 49.2. The van der Waals surface area contributed by atoms with Crippen LogP contribution in [0.2, 0.25) is 0 Å². The maximum atomic E-state index is 13.6. The van der Waals surface area contributed by atoms with E-state index in [1.165, 1.54) is 53.6 Å². The summed E-state index contributed by atoms with van der Waals surface area (Å²) in [5, 5.41) is 31.8. The maximum Gasteiger partial charge on any atom is 0.490 e. The Bertz CT molecular complexity index is 3910. The van der Waals surface area contributed by atoms with Gasteiger partial charge in [-0.3, -0.25) is 39.9 Å². The van der Waals surface area contributed by atoms with Crippen molar-refractivity contribution in [2.75, 3.05) is 18.9 Å². The number of benzene rings is 6. The minimum atomic E-state index is -0.862. The molecule has 568 valence electrons. The lowest BCUT2D eigenvalue weighted by molar-refractivity contribution is -0.387. The van der Waals surface area contributed by atoms with Gasteiger partial charge < -0.3 is 36.0 Å². The standard InChI is InChI=1S/C21H22FNO2.C13H21BO3.C13H19FN2.C13H12FNO3.C7H9N.C7H14O2.C6H3BrFNO2.CH4/c1-15-11-17(8-7-16-5-3-2-4-6-16)13-19(12-15)18-9-10-20(22)21(14-18)23(24)25;1-9-6-10(8-11(15)7-9)14-16-12(2,3)13(4,5)17-14;1-8-4-10(6-11(15)5-8)9-2-3-12(14)13(16)7-9;1-8-4-10(6-11(16)5-8)9-2-3-12(14)13(7-9)15(17)18;8-6-7-4-2-1-3-5-7;1-4-7(8-5-2)9-6-3;7-4-1-2-5(8)6(3-4)9(10)11;/h2-6,9-10,13-15,17H,7-8,11-12H2,1H3;8-9H,6-7H2,1-5H3;2-3,7-8,10-11H,4-6,15-16H2,1H3;2-3,6-8H,4-5H2,1H3;1-5H,6,8H2;4,7H,1,5-6H2,2-3H3;1-3H;1H4. The molecule has 0 bridgehead atoms. The van der Waals surface area contributed by atoms with Gasteiger partial charge in [0.1, 0.15) is 5.82 Å². The van der Waals surface area contributed by atoms with Crippen LogP contribution in [0.1, 0.15) is 175 Å². The molecule has 6 aromatic rings. The number of carbonyl (C=O) groups is 2. The van der Waals surface area contributed by atoms with Gasteiger partial charge in [0.15, 0.2) is 17.9 Å². The van der Waals surface area contributed by atoms with E-state index in [0.717, 1.165) is 97.3 Å². The molecule has 1 saturated heterocycles. The van der Waals surface area contributed by atoms with E-state index in [-0.39, 0.29) is 67.1 Å². The first-order valence-electron chi connectivity index (χ1n) is 35.1. The van der Waals surface area contributed by atoms with Crippen molar-refractivity contribution in [2.24, 2.45) is 41.1 Å².